The van der Waals surface area contributed by atoms with Crippen LogP contribution in [-0.2, 0) is 4.79 Å². The fourth-order valence-electron chi connectivity index (χ4n) is 5.43. The largest absolute Gasteiger partial charge is 0.457 e. The number of piperidine rings is 1. The summed E-state index contributed by atoms with van der Waals surface area (Å²) < 4.78 is 20.3. The van der Waals surface area contributed by atoms with Crippen molar-refractivity contribution >= 4 is 56.5 Å². The van der Waals surface area contributed by atoms with E-state index in [1.54, 1.807) is 31.0 Å². The Hall–Kier alpha value is -4.77. The normalized spacial score (nSPS) is 16.1. The zero-order valence-corrected chi connectivity index (χ0v) is 24.8. The predicted octanol–water partition coefficient (Wildman–Crippen LogP) is 7.06. The molecule has 1 fully saturated rings. The number of ether oxygens (including phenoxy) is 1. The highest BCUT2D eigenvalue weighted by Gasteiger charge is 2.34. The molecule has 4 heterocycles. The Morgan fingerprint density at radius 3 is 2.63 bits per heavy atom. The minimum atomic E-state index is -0.764. The van der Waals surface area contributed by atoms with Gasteiger partial charge in [0.05, 0.1) is 22.4 Å². The van der Waals surface area contributed by atoms with E-state index in [9.17, 15) is 18.8 Å². The van der Waals surface area contributed by atoms with Crippen molar-refractivity contribution in [3.63, 3.8) is 0 Å². The molecule has 43 heavy (non-hydrogen) atoms. The van der Waals surface area contributed by atoms with E-state index in [2.05, 4.69) is 15.6 Å². The number of urea groups is 1. The van der Waals surface area contributed by atoms with E-state index in [-0.39, 0.29) is 18.5 Å². The van der Waals surface area contributed by atoms with E-state index >= 15 is 0 Å². The van der Waals surface area contributed by atoms with Gasteiger partial charge in [0.2, 0.25) is 0 Å². The molecule has 0 aliphatic carbocycles. The number of amides is 4. The molecule has 1 atom stereocenters. The van der Waals surface area contributed by atoms with Crippen molar-refractivity contribution in [3.05, 3.63) is 82.6 Å². The van der Waals surface area contributed by atoms with Crippen LogP contribution in [0.4, 0.5) is 26.2 Å². The second-order valence-electron chi connectivity index (χ2n) is 10.8. The SMILES string of the molecule is CC(C)=C(F)C(=O)N1CCCC(NC(=O)c2sc3nccc4c3c2NC(=O)N4c2ccc(Oc3ccccc3)cc2C)C1. The number of thiophene rings is 1. The fourth-order valence-corrected chi connectivity index (χ4v) is 6.46. The summed E-state index contributed by atoms with van der Waals surface area (Å²) in [6, 6.07) is 16.0. The molecule has 2 aromatic heterocycles. The Kier molecular flexibility index (Phi) is 7.57. The van der Waals surface area contributed by atoms with Crippen LogP contribution in [-0.4, -0.2) is 46.9 Å². The Balaban J connectivity index is 1.26. The van der Waals surface area contributed by atoms with Crippen molar-refractivity contribution in [1.29, 1.82) is 0 Å². The molecule has 0 bridgehead atoms. The first-order valence-electron chi connectivity index (χ1n) is 14.0. The molecule has 9 nitrogen and oxygen atoms in total. The lowest BCUT2D eigenvalue weighted by molar-refractivity contribution is -0.130. The van der Waals surface area contributed by atoms with Gasteiger partial charge in [0, 0.05) is 25.3 Å². The van der Waals surface area contributed by atoms with Crippen molar-refractivity contribution in [3.8, 4) is 11.5 Å². The van der Waals surface area contributed by atoms with Gasteiger partial charge in [0.1, 0.15) is 21.2 Å². The molecule has 0 radical (unpaired) electrons. The molecular formula is C32H30FN5O4S. The summed E-state index contributed by atoms with van der Waals surface area (Å²) in [7, 11) is 0. The summed E-state index contributed by atoms with van der Waals surface area (Å²) >= 11 is 1.19. The fraction of sp³-hybridized carbons (Fsp3) is 0.250. The number of allylic oxidation sites excluding steroid dienone is 1. The van der Waals surface area contributed by atoms with Gasteiger partial charge in [-0.1, -0.05) is 18.2 Å². The highest BCUT2D eigenvalue weighted by molar-refractivity contribution is 7.21. The van der Waals surface area contributed by atoms with Crippen molar-refractivity contribution in [2.75, 3.05) is 23.3 Å². The molecule has 1 saturated heterocycles. The molecule has 1 unspecified atom stereocenters. The lowest BCUT2D eigenvalue weighted by atomic mass is 10.0. The van der Waals surface area contributed by atoms with Gasteiger partial charge >= 0.3 is 6.03 Å². The summed E-state index contributed by atoms with van der Waals surface area (Å²) in [5.74, 6) is -0.445. The number of likely N-dealkylation sites (tertiary alicyclic amines) is 1. The second kappa shape index (κ2) is 11.5. The number of hydrogen-bond donors (Lipinski definition) is 2. The van der Waals surface area contributed by atoms with Crippen LogP contribution in [0.2, 0.25) is 0 Å². The number of anilines is 3. The van der Waals surface area contributed by atoms with Gasteiger partial charge in [-0.05, 0) is 81.1 Å². The molecule has 4 aromatic rings. The number of carbonyl (C=O) groups is 3. The van der Waals surface area contributed by atoms with Crippen molar-refractivity contribution in [2.45, 2.75) is 39.7 Å². The van der Waals surface area contributed by atoms with E-state index < -0.39 is 17.8 Å². The first-order chi connectivity index (χ1) is 20.7. The van der Waals surface area contributed by atoms with Gasteiger partial charge in [-0.15, -0.1) is 11.3 Å². The lowest BCUT2D eigenvalue weighted by Crippen LogP contribution is -2.49. The number of pyridine rings is 1. The van der Waals surface area contributed by atoms with Crippen LogP contribution in [0.3, 0.4) is 0 Å². The topological polar surface area (TPSA) is 104 Å². The van der Waals surface area contributed by atoms with Crippen molar-refractivity contribution < 1.29 is 23.5 Å². The molecule has 2 N–H and O–H groups in total. The Morgan fingerprint density at radius 2 is 1.88 bits per heavy atom. The third-order valence-corrected chi connectivity index (χ3v) is 8.61. The Morgan fingerprint density at radius 1 is 1.09 bits per heavy atom. The number of benzene rings is 2. The number of carbonyl (C=O) groups excluding carboxylic acids is 3. The predicted molar refractivity (Wildman–Crippen MR) is 165 cm³/mol. The van der Waals surface area contributed by atoms with Crippen LogP contribution in [0, 0.1) is 6.92 Å². The summed E-state index contributed by atoms with van der Waals surface area (Å²) in [5, 5.41) is 6.59. The maximum atomic E-state index is 14.3. The molecule has 220 valence electrons. The zero-order chi connectivity index (χ0) is 30.2. The van der Waals surface area contributed by atoms with Gasteiger partial charge in [-0.25, -0.2) is 14.2 Å². The van der Waals surface area contributed by atoms with E-state index in [0.717, 1.165) is 5.56 Å². The molecule has 4 amide bonds. The van der Waals surface area contributed by atoms with Gasteiger partial charge < -0.3 is 20.3 Å². The second-order valence-corrected chi connectivity index (χ2v) is 11.8. The van der Waals surface area contributed by atoms with Crippen molar-refractivity contribution in [2.24, 2.45) is 0 Å². The highest BCUT2D eigenvalue weighted by Crippen LogP contribution is 2.46. The number of hydrogen-bond acceptors (Lipinski definition) is 6. The zero-order valence-electron chi connectivity index (χ0n) is 23.9. The quantitative estimate of drug-likeness (QED) is 0.231. The van der Waals surface area contributed by atoms with E-state index in [1.165, 1.54) is 16.2 Å². The summed E-state index contributed by atoms with van der Waals surface area (Å²) in [6.45, 7) is 5.65. The number of rotatable bonds is 6. The number of aromatic nitrogens is 1. The van der Waals surface area contributed by atoms with E-state index in [1.807, 2.05) is 55.5 Å². The van der Waals surface area contributed by atoms with E-state index in [4.69, 9.17) is 4.74 Å². The average Bonchev–Trinajstić information content (AvgIpc) is 3.37. The first kappa shape index (κ1) is 28.4. The molecule has 6 rings (SSSR count). The average molecular weight is 600 g/mol. The number of halogens is 1. The monoisotopic (exact) mass is 599 g/mol. The van der Waals surface area contributed by atoms with Crippen LogP contribution >= 0.6 is 11.3 Å². The maximum absolute atomic E-state index is 14.3. The minimum absolute atomic E-state index is 0.207. The summed E-state index contributed by atoms with van der Waals surface area (Å²) in [6.07, 6.45) is 2.91. The number of nitrogens with zero attached hydrogens (tertiary/aromatic N) is 3. The van der Waals surface area contributed by atoms with Crippen LogP contribution in [0.25, 0.3) is 10.2 Å². The third-order valence-electron chi connectivity index (χ3n) is 7.51. The lowest BCUT2D eigenvalue weighted by Gasteiger charge is -2.33. The first-order valence-corrected chi connectivity index (χ1v) is 14.8. The molecular weight excluding hydrogens is 569 g/mol. The number of aryl methyl sites for hydroxylation is 1. The molecule has 2 aromatic carbocycles. The highest BCUT2D eigenvalue weighted by atomic mass is 32.1. The van der Waals surface area contributed by atoms with Gasteiger partial charge in [0.25, 0.3) is 11.8 Å². The van der Waals surface area contributed by atoms with E-state index in [0.29, 0.717) is 68.6 Å². The minimum Gasteiger partial charge on any atom is -0.457 e. The third kappa shape index (κ3) is 5.43. The smallest absolute Gasteiger partial charge is 0.331 e. The standard InChI is InChI=1S/C32H30FN5O4S/c1-18(2)26(33)31(40)37-15-7-8-20(17-37)35-29(39)28-27-25-24(13-14-34-30(25)43-28)38(32(41)36-27)23-12-11-22(16-19(23)3)42-21-9-5-4-6-10-21/h4-6,9-14,16,20H,7-8,15,17H2,1-3H3,(H,35,39)(H,36,41). The van der Waals surface area contributed by atoms with Crippen LogP contribution < -0.4 is 20.3 Å². The summed E-state index contributed by atoms with van der Waals surface area (Å²) in [5.41, 5.74) is 2.84. The number of nitrogens with one attached hydrogen (secondary N) is 2. The molecule has 0 spiro atoms. The van der Waals surface area contributed by atoms with Crippen LogP contribution in [0.5, 0.6) is 11.5 Å². The Labute approximate surface area is 252 Å². The molecule has 2 aliphatic rings. The van der Waals surface area contributed by atoms with Crippen LogP contribution in [0.1, 0.15) is 41.9 Å². The Bertz CT molecular complexity index is 1780. The molecule has 2 aliphatic heterocycles. The molecule has 11 heteroatoms. The maximum Gasteiger partial charge on any atom is 0.331 e. The van der Waals surface area contributed by atoms with Crippen LogP contribution in [0.15, 0.2) is 72.2 Å². The molecule has 0 saturated carbocycles. The van der Waals surface area contributed by atoms with Gasteiger partial charge in [0.15, 0.2) is 5.83 Å². The van der Waals surface area contributed by atoms with Gasteiger partial charge in [-0.3, -0.25) is 14.5 Å². The van der Waals surface area contributed by atoms with Crippen molar-refractivity contribution in [1.82, 2.24) is 15.2 Å². The summed E-state index contributed by atoms with van der Waals surface area (Å²) in [4.78, 5) is 48.1. The van der Waals surface area contributed by atoms with Gasteiger partial charge in [-0.2, -0.15) is 0 Å². The number of para-hydroxylation sites is 1.